The van der Waals surface area contributed by atoms with Gasteiger partial charge in [0.05, 0.1) is 23.9 Å². The van der Waals surface area contributed by atoms with Crippen LogP contribution in [0.5, 0.6) is 5.75 Å². The molecule has 10 heteroatoms. The van der Waals surface area contributed by atoms with E-state index >= 15 is 0 Å². The predicted molar refractivity (Wildman–Crippen MR) is 147 cm³/mol. The highest BCUT2D eigenvalue weighted by Gasteiger charge is 2.24. The molecule has 37 heavy (non-hydrogen) atoms. The summed E-state index contributed by atoms with van der Waals surface area (Å²) in [6.07, 6.45) is 6.76. The lowest BCUT2D eigenvalue weighted by atomic mass is 10.1. The number of carbonyl (C=O) groups is 1. The molecule has 2 aromatic heterocycles. The van der Waals surface area contributed by atoms with Crippen molar-refractivity contribution in [2.24, 2.45) is 0 Å². The predicted octanol–water partition coefficient (Wildman–Crippen LogP) is 5.44. The van der Waals surface area contributed by atoms with E-state index in [1.807, 2.05) is 12.1 Å². The van der Waals surface area contributed by atoms with Gasteiger partial charge in [0.15, 0.2) is 11.6 Å². The smallest absolute Gasteiger partial charge is 0.265 e. The summed E-state index contributed by atoms with van der Waals surface area (Å²) in [6.45, 7) is 5.67. The van der Waals surface area contributed by atoms with Gasteiger partial charge >= 0.3 is 0 Å². The van der Waals surface area contributed by atoms with Crippen molar-refractivity contribution in [3.8, 4) is 5.75 Å². The molecular weight excluding hydrogens is 491 g/mol. The van der Waals surface area contributed by atoms with E-state index in [0.29, 0.717) is 27.9 Å². The van der Waals surface area contributed by atoms with Crippen LogP contribution in [0.1, 0.15) is 47.7 Å². The van der Waals surface area contributed by atoms with Crippen molar-refractivity contribution >= 4 is 46.0 Å². The van der Waals surface area contributed by atoms with Crippen LogP contribution in [0, 0.1) is 5.82 Å². The third kappa shape index (κ3) is 5.75. The Bertz CT molecular complexity index is 1320. The SMILES string of the molecule is COc1cc(Nc2nc(N3CC(C)NC(C)C3)ncc2F)ccc1NC(=O)c1ccc(C2=CCCC2)s1. The number of piperazine rings is 1. The minimum atomic E-state index is -0.554. The van der Waals surface area contributed by atoms with Gasteiger partial charge in [-0.15, -0.1) is 11.3 Å². The molecule has 0 spiro atoms. The molecule has 1 amide bonds. The zero-order valence-corrected chi connectivity index (χ0v) is 22.0. The van der Waals surface area contributed by atoms with E-state index in [2.05, 4.69) is 50.7 Å². The first-order valence-corrected chi connectivity index (χ1v) is 13.3. The number of carbonyl (C=O) groups excluding carboxylic acids is 1. The number of allylic oxidation sites excluding steroid dienone is 2. The van der Waals surface area contributed by atoms with Gasteiger partial charge in [-0.05, 0) is 62.9 Å². The Morgan fingerprint density at radius 3 is 2.76 bits per heavy atom. The monoisotopic (exact) mass is 522 g/mol. The van der Waals surface area contributed by atoms with Gasteiger partial charge in [0.1, 0.15) is 5.75 Å². The number of thiophene rings is 1. The number of nitrogens with one attached hydrogen (secondary N) is 3. The minimum Gasteiger partial charge on any atom is -0.494 e. The highest BCUT2D eigenvalue weighted by atomic mass is 32.1. The molecule has 2 atom stereocenters. The van der Waals surface area contributed by atoms with Crippen LogP contribution in [-0.4, -0.2) is 48.2 Å². The Labute approximate surface area is 220 Å². The van der Waals surface area contributed by atoms with Crippen molar-refractivity contribution < 1.29 is 13.9 Å². The van der Waals surface area contributed by atoms with Crippen molar-refractivity contribution in [2.45, 2.75) is 45.2 Å². The molecule has 3 aromatic rings. The normalized spacial score (nSPS) is 19.5. The first kappa shape index (κ1) is 25.2. The van der Waals surface area contributed by atoms with E-state index in [0.717, 1.165) is 30.8 Å². The Morgan fingerprint density at radius 1 is 1.22 bits per heavy atom. The van der Waals surface area contributed by atoms with E-state index in [1.165, 1.54) is 36.6 Å². The second kappa shape index (κ2) is 10.9. The molecule has 0 bridgehead atoms. The van der Waals surface area contributed by atoms with Crippen LogP contribution in [0.3, 0.4) is 0 Å². The number of amides is 1. The number of rotatable bonds is 7. The number of halogens is 1. The summed E-state index contributed by atoms with van der Waals surface area (Å²) in [5, 5.41) is 9.43. The number of anilines is 4. The molecule has 194 valence electrons. The molecule has 3 N–H and O–H groups in total. The lowest BCUT2D eigenvalue weighted by molar-refractivity contribution is 0.103. The summed E-state index contributed by atoms with van der Waals surface area (Å²) < 4.78 is 20.1. The third-order valence-corrected chi connectivity index (χ3v) is 7.63. The zero-order chi connectivity index (χ0) is 25.9. The average Bonchev–Trinajstić information content (AvgIpc) is 3.58. The topological polar surface area (TPSA) is 91.4 Å². The molecule has 2 aliphatic rings. The van der Waals surface area contributed by atoms with Crippen LogP contribution in [0.4, 0.5) is 27.5 Å². The molecular formula is C27H31FN6O2S. The van der Waals surface area contributed by atoms with Gasteiger partial charge in [0, 0.05) is 41.8 Å². The maximum Gasteiger partial charge on any atom is 0.265 e. The van der Waals surface area contributed by atoms with Gasteiger partial charge in [0.25, 0.3) is 5.91 Å². The first-order chi connectivity index (χ1) is 17.9. The number of methoxy groups -OCH3 is 1. The number of ether oxygens (including phenoxy) is 1. The Kier molecular flexibility index (Phi) is 7.38. The maximum absolute atomic E-state index is 14.6. The molecule has 8 nitrogen and oxygen atoms in total. The molecule has 3 heterocycles. The fourth-order valence-corrected chi connectivity index (χ4v) is 5.78. The molecule has 1 aromatic carbocycles. The van der Waals surface area contributed by atoms with Crippen molar-refractivity contribution in [2.75, 3.05) is 35.7 Å². The van der Waals surface area contributed by atoms with Gasteiger partial charge in [-0.1, -0.05) is 6.08 Å². The molecule has 5 rings (SSSR count). The molecule has 2 unspecified atom stereocenters. The van der Waals surface area contributed by atoms with Crippen molar-refractivity contribution in [3.05, 3.63) is 58.2 Å². The average molecular weight is 523 g/mol. The Balaban J connectivity index is 1.30. The van der Waals surface area contributed by atoms with Crippen LogP contribution in [-0.2, 0) is 0 Å². The minimum absolute atomic E-state index is 0.0787. The summed E-state index contributed by atoms with van der Waals surface area (Å²) in [5.41, 5.74) is 2.42. The number of aromatic nitrogens is 2. The van der Waals surface area contributed by atoms with E-state index in [4.69, 9.17) is 4.74 Å². The van der Waals surface area contributed by atoms with E-state index in [1.54, 1.807) is 18.2 Å². The number of hydrogen-bond donors (Lipinski definition) is 3. The largest absolute Gasteiger partial charge is 0.494 e. The summed E-state index contributed by atoms with van der Waals surface area (Å²) in [6, 6.07) is 9.60. The zero-order valence-electron chi connectivity index (χ0n) is 21.2. The van der Waals surface area contributed by atoms with Gasteiger partial charge < -0.3 is 25.6 Å². The van der Waals surface area contributed by atoms with Crippen LogP contribution in [0.25, 0.3) is 5.57 Å². The van der Waals surface area contributed by atoms with E-state index < -0.39 is 5.82 Å². The summed E-state index contributed by atoms with van der Waals surface area (Å²) in [5.74, 6) is 0.258. The molecule has 0 radical (unpaired) electrons. The second-order valence-electron chi connectivity index (χ2n) is 9.52. The maximum atomic E-state index is 14.6. The van der Waals surface area contributed by atoms with Gasteiger partial charge in [0.2, 0.25) is 5.95 Å². The van der Waals surface area contributed by atoms with Crippen LogP contribution in [0.2, 0.25) is 0 Å². The van der Waals surface area contributed by atoms with Crippen LogP contribution < -0.4 is 25.6 Å². The number of hydrogen-bond acceptors (Lipinski definition) is 8. The highest BCUT2D eigenvalue weighted by molar-refractivity contribution is 7.15. The fraction of sp³-hybridized carbons (Fsp3) is 0.370. The van der Waals surface area contributed by atoms with Gasteiger partial charge in [-0.3, -0.25) is 4.79 Å². The van der Waals surface area contributed by atoms with Crippen molar-refractivity contribution in [1.29, 1.82) is 0 Å². The summed E-state index contributed by atoms with van der Waals surface area (Å²) in [4.78, 5) is 25.4. The van der Waals surface area contributed by atoms with Crippen LogP contribution >= 0.6 is 11.3 Å². The molecule has 1 aliphatic heterocycles. The number of nitrogens with zero attached hydrogens (tertiary/aromatic N) is 3. The third-order valence-electron chi connectivity index (χ3n) is 6.47. The second-order valence-corrected chi connectivity index (χ2v) is 10.6. The van der Waals surface area contributed by atoms with E-state index in [9.17, 15) is 9.18 Å². The lowest BCUT2D eigenvalue weighted by Crippen LogP contribution is -2.54. The Morgan fingerprint density at radius 2 is 2.03 bits per heavy atom. The Hall–Kier alpha value is -3.50. The first-order valence-electron chi connectivity index (χ1n) is 12.5. The summed E-state index contributed by atoms with van der Waals surface area (Å²) >= 11 is 1.49. The molecule has 1 fully saturated rings. The molecule has 0 saturated carbocycles. The van der Waals surface area contributed by atoms with Crippen molar-refractivity contribution in [1.82, 2.24) is 15.3 Å². The summed E-state index contributed by atoms with van der Waals surface area (Å²) in [7, 11) is 1.53. The molecule has 1 saturated heterocycles. The lowest BCUT2D eigenvalue weighted by Gasteiger charge is -2.36. The van der Waals surface area contributed by atoms with Crippen molar-refractivity contribution in [3.63, 3.8) is 0 Å². The fourth-order valence-electron chi connectivity index (χ4n) is 4.81. The standard InChI is InChI=1S/C27H31FN6O2S/c1-16-14-34(15-17(2)30-16)27-29-13-20(28)25(33-27)31-19-8-9-21(22(12-19)36-3)32-26(35)24-11-10-23(37-24)18-6-4-5-7-18/h6,8-13,16-17,30H,4-5,7,14-15H2,1-3H3,(H,32,35)(H,29,31,33). The van der Waals surface area contributed by atoms with Gasteiger partial charge in [-0.2, -0.15) is 4.98 Å². The van der Waals surface area contributed by atoms with Crippen LogP contribution in [0.15, 0.2) is 42.6 Å². The highest BCUT2D eigenvalue weighted by Crippen LogP contribution is 2.34. The quantitative estimate of drug-likeness (QED) is 0.381. The van der Waals surface area contributed by atoms with Gasteiger partial charge in [-0.25, -0.2) is 9.37 Å². The molecule has 1 aliphatic carbocycles. The number of benzene rings is 1. The van der Waals surface area contributed by atoms with E-state index in [-0.39, 0.29) is 23.8 Å².